The Bertz CT molecular complexity index is 784. The molecule has 1 aromatic rings. The lowest BCUT2D eigenvalue weighted by atomic mass is 9.49. The van der Waals surface area contributed by atoms with Crippen molar-refractivity contribution in [2.45, 2.75) is 58.4 Å². The fourth-order valence-corrected chi connectivity index (χ4v) is 5.98. The number of amides is 2. The number of aryl methyl sites for hydroxylation is 1. The van der Waals surface area contributed by atoms with Crippen molar-refractivity contribution >= 4 is 23.5 Å². The van der Waals surface area contributed by atoms with Crippen LogP contribution in [0.1, 0.15) is 51.0 Å². The van der Waals surface area contributed by atoms with Gasteiger partial charge in [-0.25, -0.2) is 4.79 Å². The molecule has 4 aliphatic carbocycles. The molecule has 4 saturated carbocycles. The second-order valence-electron chi connectivity index (χ2n) is 9.42. The number of benzene rings is 1. The summed E-state index contributed by atoms with van der Waals surface area (Å²) in [7, 11) is 0. The Hall–Kier alpha value is -2.37. The lowest BCUT2D eigenvalue weighted by Gasteiger charge is -2.55. The Morgan fingerprint density at radius 1 is 1.10 bits per heavy atom. The predicted octanol–water partition coefficient (Wildman–Crippen LogP) is 3.20. The van der Waals surface area contributed by atoms with Crippen LogP contribution in [0.15, 0.2) is 24.3 Å². The van der Waals surface area contributed by atoms with E-state index in [4.69, 9.17) is 4.74 Å². The molecule has 1 aromatic carbocycles. The third-order valence-corrected chi connectivity index (χ3v) is 6.87. The number of anilines is 1. The van der Waals surface area contributed by atoms with Crippen molar-refractivity contribution < 1.29 is 19.1 Å². The highest BCUT2D eigenvalue weighted by Crippen LogP contribution is 2.60. The van der Waals surface area contributed by atoms with E-state index < -0.39 is 17.9 Å². The number of nitrogens with one attached hydrogen (secondary N) is 2. The van der Waals surface area contributed by atoms with E-state index >= 15 is 0 Å². The van der Waals surface area contributed by atoms with E-state index in [-0.39, 0.29) is 17.9 Å². The van der Waals surface area contributed by atoms with Crippen LogP contribution < -0.4 is 10.6 Å². The number of hydrogen-bond donors (Lipinski definition) is 2. The molecule has 5 rings (SSSR count). The summed E-state index contributed by atoms with van der Waals surface area (Å²) in [4.78, 5) is 37.4. The molecular formula is C23H30N2O4. The fraction of sp³-hybridized carbons (Fsp3) is 0.609. The van der Waals surface area contributed by atoms with Crippen molar-refractivity contribution in [2.75, 3.05) is 11.9 Å². The molecule has 0 heterocycles. The standard InChI is InChI=1S/C23H30N2O4/c1-14-4-3-5-19(6-14)25-20(26)13-29-21(27)15(2)24-22(28)23-10-16-7-17(11-23)9-18(8-16)12-23/h3-6,15-18H,7-13H2,1-2H3,(H,24,28)(H,25,26)/t15-,16?,17?,18?,23?/m0/s1. The minimum atomic E-state index is -0.762. The summed E-state index contributed by atoms with van der Waals surface area (Å²) in [5, 5.41) is 5.58. The van der Waals surface area contributed by atoms with Gasteiger partial charge < -0.3 is 15.4 Å². The largest absolute Gasteiger partial charge is 0.454 e. The smallest absolute Gasteiger partial charge is 0.328 e. The average Bonchev–Trinajstić information content (AvgIpc) is 2.65. The molecule has 4 fully saturated rings. The Kier molecular flexibility index (Phi) is 5.36. The van der Waals surface area contributed by atoms with Crippen molar-refractivity contribution in [1.29, 1.82) is 0 Å². The molecule has 6 nitrogen and oxygen atoms in total. The Balaban J connectivity index is 1.26. The average molecular weight is 399 g/mol. The number of hydrogen-bond acceptors (Lipinski definition) is 4. The zero-order chi connectivity index (χ0) is 20.6. The van der Waals surface area contributed by atoms with Gasteiger partial charge in [-0.2, -0.15) is 0 Å². The predicted molar refractivity (Wildman–Crippen MR) is 109 cm³/mol. The first kappa shape index (κ1) is 19.9. The van der Waals surface area contributed by atoms with Crippen molar-refractivity contribution in [2.24, 2.45) is 23.2 Å². The molecule has 29 heavy (non-hydrogen) atoms. The van der Waals surface area contributed by atoms with E-state index in [0.717, 1.165) is 24.8 Å². The summed E-state index contributed by atoms with van der Waals surface area (Å²) in [5.74, 6) is 1.01. The first-order chi connectivity index (χ1) is 13.8. The lowest BCUT2D eigenvalue weighted by molar-refractivity contribution is -0.154. The van der Waals surface area contributed by atoms with Crippen LogP contribution in [0, 0.1) is 30.1 Å². The molecule has 4 aliphatic rings. The quantitative estimate of drug-likeness (QED) is 0.721. The van der Waals surface area contributed by atoms with Gasteiger partial charge in [0.1, 0.15) is 6.04 Å². The van der Waals surface area contributed by atoms with Gasteiger partial charge in [0.25, 0.3) is 5.91 Å². The van der Waals surface area contributed by atoms with Crippen LogP contribution in [-0.4, -0.2) is 30.4 Å². The minimum Gasteiger partial charge on any atom is -0.454 e. The number of carbonyl (C=O) groups is 3. The number of rotatable bonds is 6. The summed E-state index contributed by atoms with van der Waals surface area (Å²) in [6.45, 7) is 3.19. The first-order valence-electron chi connectivity index (χ1n) is 10.7. The zero-order valence-corrected chi connectivity index (χ0v) is 17.2. The van der Waals surface area contributed by atoms with Crippen LogP contribution in [0.5, 0.6) is 0 Å². The number of ether oxygens (including phenoxy) is 1. The van der Waals surface area contributed by atoms with Crippen LogP contribution in [0.2, 0.25) is 0 Å². The van der Waals surface area contributed by atoms with Crippen LogP contribution >= 0.6 is 0 Å². The monoisotopic (exact) mass is 398 g/mol. The molecule has 2 N–H and O–H groups in total. The maximum atomic E-state index is 13.0. The van der Waals surface area contributed by atoms with Gasteiger partial charge in [-0.1, -0.05) is 12.1 Å². The molecule has 0 aromatic heterocycles. The second kappa shape index (κ2) is 7.81. The third kappa shape index (κ3) is 4.31. The molecule has 0 unspecified atom stereocenters. The number of esters is 1. The fourth-order valence-electron chi connectivity index (χ4n) is 5.98. The molecule has 1 atom stereocenters. The van der Waals surface area contributed by atoms with Crippen molar-refractivity contribution in [1.82, 2.24) is 5.32 Å². The Morgan fingerprint density at radius 3 is 2.31 bits per heavy atom. The maximum Gasteiger partial charge on any atom is 0.328 e. The summed E-state index contributed by atoms with van der Waals surface area (Å²) in [6.07, 6.45) is 6.64. The van der Waals surface area contributed by atoms with Crippen LogP contribution in [0.4, 0.5) is 5.69 Å². The van der Waals surface area contributed by atoms with E-state index in [1.54, 1.807) is 13.0 Å². The SMILES string of the molecule is Cc1cccc(NC(=O)COC(=O)[C@H](C)NC(=O)C23CC4CC(CC(C4)C2)C3)c1. The van der Waals surface area contributed by atoms with E-state index in [1.165, 1.54) is 19.3 Å². The van der Waals surface area contributed by atoms with Gasteiger partial charge in [0.15, 0.2) is 6.61 Å². The summed E-state index contributed by atoms with van der Waals surface area (Å²) in [5.41, 5.74) is 1.39. The molecule has 0 radical (unpaired) electrons. The van der Waals surface area contributed by atoms with Gasteiger partial charge in [0, 0.05) is 11.1 Å². The summed E-state index contributed by atoms with van der Waals surface area (Å²) >= 11 is 0. The molecule has 6 heteroatoms. The molecule has 4 bridgehead atoms. The third-order valence-electron chi connectivity index (χ3n) is 6.87. The number of carbonyl (C=O) groups excluding carboxylic acids is 3. The van der Waals surface area contributed by atoms with E-state index in [2.05, 4.69) is 10.6 Å². The van der Waals surface area contributed by atoms with Crippen LogP contribution in [0.3, 0.4) is 0 Å². The molecule has 156 valence electrons. The minimum absolute atomic E-state index is 0.00902. The van der Waals surface area contributed by atoms with E-state index in [1.807, 2.05) is 25.1 Å². The Morgan fingerprint density at radius 2 is 1.72 bits per heavy atom. The normalized spacial score (nSPS) is 30.5. The first-order valence-corrected chi connectivity index (χ1v) is 10.7. The van der Waals surface area contributed by atoms with Crippen molar-refractivity contribution in [3.8, 4) is 0 Å². The van der Waals surface area contributed by atoms with Gasteiger partial charge >= 0.3 is 5.97 Å². The molecule has 0 aliphatic heterocycles. The Labute approximate surface area is 171 Å². The van der Waals surface area contributed by atoms with Crippen molar-refractivity contribution in [3.63, 3.8) is 0 Å². The highest BCUT2D eigenvalue weighted by molar-refractivity contribution is 5.94. The van der Waals surface area contributed by atoms with E-state index in [0.29, 0.717) is 23.4 Å². The molecule has 2 amide bonds. The lowest BCUT2D eigenvalue weighted by Crippen LogP contribution is -2.56. The molecule has 0 spiro atoms. The van der Waals surface area contributed by atoms with Crippen LogP contribution in [0.25, 0.3) is 0 Å². The maximum absolute atomic E-state index is 13.0. The van der Waals surface area contributed by atoms with Gasteiger partial charge in [-0.05, 0) is 87.8 Å². The summed E-state index contributed by atoms with van der Waals surface area (Å²) in [6, 6.07) is 6.64. The highest BCUT2D eigenvalue weighted by atomic mass is 16.5. The molecular weight excluding hydrogens is 368 g/mol. The van der Waals surface area contributed by atoms with Gasteiger partial charge in [-0.3, -0.25) is 9.59 Å². The summed E-state index contributed by atoms with van der Waals surface area (Å²) < 4.78 is 5.12. The zero-order valence-electron chi connectivity index (χ0n) is 17.2. The van der Waals surface area contributed by atoms with Crippen molar-refractivity contribution in [3.05, 3.63) is 29.8 Å². The van der Waals surface area contributed by atoms with Gasteiger partial charge in [-0.15, -0.1) is 0 Å². The molecule has 0 saturated heterocycles. The van der Waals surface area contributed by atoms with E-state index in [9.17, 15) is 14.4 Å². The van der Waals surface area contributed by atoms with Crippen LogP contribution in [-0.2, 0) is 19.1 Å². The highest BCUT2D eigenvalue weighted by Gasteiger charge is 2.54. The van der Waals surface area contributed by atoms with Gasteiger partial charge in [0.05, 0.1) is 0 Å². The van der Waals surface area contributed by atoms with Gasteiger partial charge in [0.2, 0.25) is 5.91 Å². The second-order valence-corrected chi connectivity index (χ2v) is 9.42. The topological polar surface area (TPSA) is 84.5 Å².